The van der Waals surface area contributed by atoms with Crippen LogP contribution in [-0.2, 0) is 0 Å². The molecule has 0 amide bonds. The third-order valence-corrected chi connectivity index (χ3v) is 5.72. The minimum Gasteiger partial charge on any atom is -0.353 e. The molecule has 2 aliphatic heterocycles. The van der Waals surface area contributed by atoms with Crippen LogP contribution in [0.4, 0.5) is 5.82 Å². The molecule has 3 aromatic rings. The molecule has 1 N–H and O–H groups in total. The van der Waals surface area contributed by atoms with Crippen molar-refractivity contribution in [1.29, 1.82) is 0 Å². The van der Waals surface area contributed by atoms with Crippen LogP contribution in [0, 0.1) is 0 Å². The molecule has 6 nitrogen and oxygen atoms in total. The second kappa shape index (κ2) is 6.32. The van der Waals surface area contributed by atoms with Gasteiger partial charge in [0.25, 0.3) is 0 Å². The van der Waals surface area contributed by atoms with E-state index in [-0.39, 0.29) is 0 Å². The number of benzene rings is 1. The van der Waals surface area contributed by atoms with Crippen molar-refractivity contribution in [3.8, 4) is 11.3 Å². The number of anilines is 1. The molecule has 4 heterocycles. The van der Waals surface area contributed by atoms with Crippen molar-refractivity contribution in [3.63, 3.8) is 0 Å². The van der Waals surface area contributed by atoms with E-state index < -0.39 is 0 Å². The third-order valence-electron chi connectivity index (χ3n) is 5.72. The van der Waals surface area contributed by atoms with Crippen LogP contribution in [0.5, 0.6) is 0 Å². The normalized spacial score (nSPS) is 21.7. The fourth-order valence-electron chi connectivity index (χ4n) is 4.24. The quantitative estimate of drug-likeness (QED) is 0.774. The lowest BCUT2D eigenvalue weighted by Crippen LogP contribution is -2.44. The Bertz CT molecular complexity index is 1000. The topological polar surface area (TPSA) is 57.2 Å². The van der Waals surface area contributed by atoms with Gasteiger partial charge in [-0.15, -0.1) is 0 Å². The fourth-order valence-corrected chi connectivity index (χ4v) is 4.24. The van der Waals surface area contributed by atoms with Crippen molar-refractivity contribution in [2.75, 3.05) is 25.5 Å². The van der Waals surface area contributed by atoms with E-state index >= 15 is 0 Å². The van der Waals surface area contributed by atoms with Crippen molar-refractivity contribution in [2.24, 2.45) is 0 Å². The van der Waals surface area contributed by atoms with E-state index in [9.17, 15) is 0 Å². The molecule has 1 aromatic carbocycles. The maximum Gasteiger partial charge on any atom is 0.131 e. The Balaban J connectivity index is 1.38. The maximum atomic E-state index is 4.56. The van der Waals surface area contributed by atoms with E-state index in [4.69, 9.17) is 0 Å². The summed E-state index contributed by atoms with van der Waals surface area (Å²) in [5, 5.41) is 13.8. The first kappa shape index (κ1) is 16.2. The zero-order valence-electron chi connectivity index (χ0n) is 15.3. The van der Waals surface area contributed by atoms with Gasteiger partial charge in [-0.05, 0) is 43.1 Å². The first-order valence-corrected chi connectivity index (χ1v) is 9.28. The SMILES string of the molecule is C=C(Nc1cc2cc(-c3cccnn3)ccc2cn1)N1C[C@H]2C[C@@H]1CN2C. The first-order chi connectivity index (χ1) is 13.2. The molecule has 0 saturated carbocycles. The minimum atomic E-state index is 0.559. The molecule has 0 radical (unpaired) electrons. The summed E-state index contributed by atoms with van der Waals surface area (Å²) in [4.78, 5) is 9.38. The molecular formula is C21H22N6. The molecule has 0 unspecified atom stereocenters. The van der Waals surface area contributed by atoms with E-state index in [0.29, 0.717) is 12.1 Å². The van der Waals surface area contributed by atoms with Gasteiger partial charge >= 0.3 is 0 Å². The van der Waals surface area contributed by atoms with Gasteiger partial charge < -0.3 is 10.2 Å². The largest absolute Gasteiger partial charge is 0.353 e. The molecular weight excluding hydrogens is 336 g/mol. The number of nitrogens with one attached hydrogen (secondary N) is 1. The van der Waals surface area contributed by atoms with Crippen molar-refractivity contribution < 1.29 is 0 Å². The molecule has 2 fully saturated rings. The lowest BCUT2D eigenvalue weighted by atomic mass is 10.1. The summed E-state index contributed by atoms with van der Waals surface area (Å²) in [6, 6.07) is 13.4. The number of aromatic nitrogens is 3. The summed E-state index contributed by atoms with van der Waals surface area (Å²) >= 11 is 0. The Morgan fingerprint density at radius 2 is 2.07 bits per heavy atom. The van der Waals surface area contributed by atoms with E-state index in [0.717, 1.165) is 46.8 Å². The van der Waals surface area contributed by atoms with Gasteiger partial charge in [-0.25, -0.2) is 4.98 Å². The first-order valence-electron chi connectivity index (χ1n) is 9.28. The number of likely N-dealkylation sites (N-methyl/N-ethyl adjacent to an activating group) is 1. The number of pyridine rings is 1. The van der Waals surface area contributed by atoms with Gasteiger partial charge in [-0.2, -0.15) is 10.2 Å². The molecule has 2 aliphatic rings. The van der Waals surface area contributed by atoms with Crippen molar-refractivity contribution in [3.05, 3.63) is 61.2 Å². The van der Waals surface area contributed by atoms with Crippen LogP contribution in [0.15, 0.2) is 61.2 Å². The number of fused-ring (bicyclic) bond motifs is 3. The summed E-state index contributed by atoms with van der Waals surface area (Å²) in [5.74, 6) is 1.76. The van der Waals surface area contributed by atoms with Crippen LogP contribution in [0.3, 0.4) is 0 Å². The number of rotatable bonds is 4. The highest BCUT2D eigenvalue weighted by atomic mass is 15.4. The fraction of sp³-hybridized carbons (Fsp3) is 0.286. The van der Waals surface area contributed by atoms with Crippen LogP contribution < -0.4 is 5.32 Å². The average molecular weight is 358 g/mol. The smallest absolute Gasteiger partial charge is 0.131 e. The Hall–Kier alpha value is -2.99. The van der Waals surface area contributed by atoms with Gasteiger partial charge in [-0.3, -0.25) is 4.90 Å². The number of likely N-dealkylation sites (tertiary alicyclic amines) is 2. The van der Waals surface area contributed by atoms with Crippen LogP contribution in [-0.4, -0.2) is 57.2 Å². The zero-order chi connectivity index (χ0) is 18.4. The van der Waals surface area contributed by atoms with E-state index in [1.807, 2.05) is 18.3 Å². The summed E-state index contributed by atoms with van der Waals surface area (Å²) in [6.07, 6.45) is 4.81. The van der Waals surface area contributed by atoms with Crippen LogP contribution in [0.25, 0.3) is 22.0 Å². The standard InChI is InChI=1S/C21H22N6/c1-14(27-13-18-10-19(27)12-26(18)2)24-21-9-17-8-15(5-6-16(17)11-22-21)20-4-3-7-23-25-20/h3-9,11,18-19H,1,10,12-13H2,2H3,(H,22,24)/t18-,19-/m1/s1. The highest BCUT2D eigenvalue weighted by Crippen LogP contribution is 2.32. The molecule has 0 spiro atoms. The van der Waals surface area contributed by atoms with Crippen molar-refractivity contribution in [2.45, 2.75) is 18.5 Å². The predicted molar refractivity (Wildman–Crippen MR) is 107 cm³/mol. The summed E-state index contributed by atoms with van der Waals surface area (Å²) in [6.45, 7) is 6.41. The molecule has 2 saturated heterocycles. The number of piperazine rings is 1. The van der Waals surface area contributed by atoms with E-state index in [1.165, 1.54) is 6.42 Å². The van der Waals surface area contributed by atoms with Crippen LogP contribution in [0.2, 0.25) is 0 Å². The highest BCUT2D eigenvalue weighted by molar-refractivity contribution is 5.88. The molecule has 2 aromatic heterocycles. The average Bonchev–Trinajstić information content (AvgIpc) is 3.27. The molecule has 6 heteroatoms. The molecule has 2 bridgehead atoms. The lowest BCUT2D eigenvalue weighted by Gasteiger charge is -2.34. The van der Waals surface area contributed by atoms with E-state index in [2.05, 4.69) is 68.2 Å². The Morgan fingerprint density at radius 1 is 1.15 bits per heavy atom. The Labute approximate surface area is 158 Å². The number of hydrogen-bond donors (Lipinski definition) is 1. The molecule has 136 valence electrons. The maximum absolute atomic E-state index is 4.56. The monoisotopic (exact) mass is 358 g/mol. The van der Waals surface area contributed by atoms with Gasteiger partial charge in [0, 0.05) is 48.5 Å². The molecule has 2 atom stereocenters. The second-order valence-corrected chi connectivity index (χ2v) is 7.45. The summed E-state index contributed by atoms with van der Waals surface area (Å²) in [7, 11) is 2.21. The van der Waals surface area contributed by atoms with Crippen molar-refractivity contribution >= 4 is 16.6 Å². The molecule has 27 heavy (non-hydrogen) atoms. The predicted octanol–water partition coefficient (Wildman–Crippen LogP) is 2.96. The second-order valence-electron chi connectivity index (χ2n) is 7.45. The van der Waals surface area contributed by atoms with Gasteiger partial charge in [0.15, 0.2) is 0 Å². The van der Waals surface area contributed by atoms with Gasteiger partial charge in [0.05, 0.1) is 11.5 Å². The number of nitrogens with zero attached hydrogens (tertiary/aromatic N) is 5. The van der Waals surface area contributed by atoms with Crippen LogP contribution >= 0.6 is 0 Å². The third kappa shape index (κ3) is 2.92. The summed E-state index contributed by atoms with van der Waals surface area (Å²) in [5.41, 5.74) is 1.92. The number of hydrogen-bond acceptors (Lipinski definition) is 6. The minimum absolute atomic E-state index is 0.559. The van der Waals surface area contributed by atoms with E-state index in [1.54, 1.807) is 6.20 Å². The lowest BCUT2D eigenvalue weighted by molar-refractivity contribution is 0.183. The van der Waals surface area contributed by atoms with Crippen molar-refractivity contribution in [1.82, 2.24) is 25.0 Å². The Kier molecular flexibility index (Phi) is 3.79. The van der Waals surface area contributed by atoms with Crippen LogP contribution in [0.1, 0.15) is 6.42 Å². The highest BCUT2D eigenvalue weighted by Gasteiger charge is 2.41. The molecule has 0 aliphatic carbocycles. The van der Waals surface area contributed by atoms with Gasteiger partial charge in [0.2, 0.25) is 0 Å². The zero-order valence-corrected chi connectivity index (χ0v) is 15.3. The van der Waals surface area contributed by atoms with Gasteiger partial charge in [-0.1, -0.05) is 18.7 Å². The van der Waals surface area contributed by atoms with Gasteiger partial charge in [0.1, 0.15) is 5.82 Å². The molecule has 5 rings (SSSR count). The Morgan fingerprint density at radius 3 is 2.81 bits per heavy atom. The summed E-state index contributed by atoms with van der Waals surface area (Å²) < 4.78 is 0.